The summed E-state index contributed by atoms with van der Waals surface area (Å²) in [6, 6.07) is 0. The van der Waals surface area contributed by atoms with Crippen molar-refractivity contribution in [3.63, 3.8) is 0 Å². The number of likely N-dealkylation sites (tertiary alicyclic amines) is 1. The molecule has 2 rings (SSSR count). The molecule has 0 saturated carbocycles. The number of carboxylic acid groups (broad SMARTS) is 2. The zero-order valence-corrected chi connectivity index (χ0v) is 11.7. The predicted octanol–water partition coefficient (Wildman–Crippen LogP) is 0.555. The van der Waals surface area contributed by atoms with Gasteiger partial charge in [0.05, 0.1) is 12.2 Å². The van der Waals surface area contributed by atoms with Crippen LogP contribution in [-0.4, -0.2) is 65.7 Å². The van der Waals surface area contributed by atoms with E-state index in [4.69, 9.17) is 19.7 Å². The van der Waals surface area contributed by atoms with E-state index in [0.29, 0.717) is 12.2 Å². The Hall–Kier alpha value is -1.44. The third-order valence-corrected chi connectivity index (χ3v) is 3.26. The maximum atomic E-state index is 9.55. The van der Waals surface area contributed by atoms with Crippen LogP contribution in [0.2, 0.25) is 0 Å². The molecule has 7 nitrogen and oxygen atoms in total. The van der Waals surface area contributed by atoms with Crippen molar-refractivity contribution in [2.45, 2.75) is 31.7 Å². The summed E-state index contributed by atoms with van der Waals surface area (Å²) in [5.41, 5.74) is 0.0614. The molecule has 20 heavy (non-hydrogen) atoms. The smallest absolute Gasteiger partial charge is 0.328 e. The first-order chi connectivity index (χ1) is 9.33. The lowest BCUT2D eigenvalue weighted by atomic mass is 9.93. The third-order valence-electron chi connectivity index (χ3n) is 3.26. The highest BCUT2D eigenvalue weighted by molar-refractivity contribution is 5.89. The molecule has 2 aliphatic heterocycles. The maximum absolute atomic E-state index is 9.55. The van der Waals surface area contributed by atoms with Crippen LogP contribution in [0.5, 0.6) is 0 Å². The first kappa shape index (κ1) is 16.6. The second-order valence-electron chi connectivity index (χ2n) is 4.99. The summed E-state index contributed by atoms with van der Waals surface area (Å²) < 4.78 is 11.2. The van der Waals surface area contributed by atoms with Crippen molar-refractivity contribution < 1.29 is 29.3 Å². The van der Waals surface area contributed by atoms with Crippen LogP contribution in [0.15, 0.2) is 12.2 Å². The van der Waals surface area contributed by atoms with Gasteiger partial charge in [0.15, 0.2) is 6.29 Å². The van der Waals surface area contributed by atoms with Gasteiger partial charge in [-0.15, -0.1) is 0 Å². The van der Waals surface area contributed by atoms with E-state index in [0.717, 1.165) is 32.5 Å². The normalized spacial score (nSPS) is 25.4. The monoisotopic (exact) mass is 287 g/mol. The summed E-state index contributed by atoms with van der Waals surface area (Å²) >= 11 is 0. The van der Waals surface area contributed by atoms with E-state index in [2.05, 4.69) is 11.9 Å². The average Bonchev–Trinajstić information content (AvgIpc) is 2.73. The van der Waals surface area contributed by atoms with Gasteiger partial charge < -0.3 is 24.6 Å². The SMILES string of the molecule is C[C@H]1OCC2(CCN(C)CC2)O1.O=C(O)/C=C\C(=O)O. The summed E-state index contributed by atoms with van der Waals surface area (Å²) in [4.78, 5) is 21.5. The molecule has 2 N–H and O–H groups in total. The molecule has 0 radical (unpaired) electrons. The van der Waals surface area contributed by atoms with Crippen LogP contribution in [-0.2, 0) is 19.1 Å². The second kappa shape index (κ2) is 7.37. The Morgan fingerprint density at radius 1 is 1.20 bits per heavy atom. The summed E-state index contributed by atoms with van der Waals surface area (Å²) in [5.74, 6) is -2.51. The lowest BCUT2D eigenvalue weighted by molar-refractivity contribution is -0.134. The number of hydrogen-bond acceptors (Lipinski definition) is 5. The van der Waals surface area contributed by atoms with Crippen molar-refractivity contribution in [1.29, 1.82) is 0 Å². The quantitative estimate of drug-likeness (QED) is 0.716. The van der Waals surface area contributed by atoms with Gasteiger partial charge >= 0.3 is 11.9 Å². The van der Waals surface area contributed by atoms with Crippen molar-refractivity contribution in [3.05, 3.63) is 12.2 Å². The molecule has 0 unspecified atom stereocenters. The summed E-state index contributed by atoms with van der Waals surface area (Å²) in [5, 5.41) is 15.6. The summed E-state index contributed by atoms with van der Waals surface area (Å²) in [6.45, 7) is 5.04. The molecule has 0 aromatic heterocycles. The maximum Gasteiger partial charge on any atom is 0.328 e. The molecule has 7 heteroatoms. The lowest BCUT2D eigenvalue weighted by Crippen LogP contribution is -2.44. The summed E-state index contributed by atoms with van der Waals surface area (Å²) in [7, 11) is 2.16. The number of rotatable bonds is 2. The fourth-order valence-electron chi connectivity index (χ4n) is 2.12. The zero-order chi connectivity index (χ0) is 15.2. The highest BCUT2D eigenvalue weighted by Crippen LogP contribution is 2.32. The molecule has 0 aliphatic carbocycles. The number of carbonyl (C=O) groups is 2. The zero-order valence-electron chi connectivity index (χ0n) is 11.7. The Balaban J connectivity index is 0.000000221. The number of aliphatic carboxylic acids is 2. The minimum atomic E-state index is -1.26. The molecule has 1 atom stereocenters. The van der Waals surface area contributed by atoms with Gasteiger partial charge in [0.1, 0.15) is 0 Å². The van der Waals surface area contributed by atoms with Crippen molar-refractivity contribution in [3.8, 4) is 0 Å². The van der Waals surface area contributed by atoms with Crippen molar-refractivity contribution in [2.24, 2.45) is 0 Å². The Morgan fingerprint density at radius 3 is 2.05 bits per heavy atom. The van der Waals surface area contributed by atoms with E-state index < -0.39 is 11.9 Å². The van der Waals surface area contributed by atoms with Crippen LogP contribution in [0.3, 0.4) is 0 Å². The number of hydrogen-bond donors (Lipinski definition) is 2. The molecule has 0 aromatic carbocycles. The minimum Gasteiger partial charge on any atom is -0.478 e. The van der Waals surface area contributed by atoms with Gasteiger partial charge in [-0.25, -0.2) is 9.59 Å². The molecule has 0 bridgehead atoms. The molecule has 0 aromatic rings. The predicted molar refractivity (Wildman–Crippen MR) is 70.4 cm³/mol. The van der Waals surface area contributed by atoms with E-state index in [1.165, 1.54) is 0 Å². The van der Waals surface area contributed by atoms with Gasteiger partial charge in [-0.05, 0) is 26.8 Å². The Morgan fingerprint density at radius 2 is 1.70 bits per heavy atom. The second-order valence-corrected chi connectivity index (χ2v) is 4.99. The standard InChI is InChI=1S/C9H17NO2.C4H4O4/c1-8-11-7-9(12-8)3-5-10(2)6-4-9;5-3(6)1-2-4(7)8/h8H,3-7H2,1-2H3;1-2H,(H,5,6)(H,7,8)/b;2-1-/t8-;/m0./s1. The average molecular weight is 287 g/mol. The summed E-state index contributed by atoms with van der Waals surface area (Å²) in [6.07, 6.45) is 3.36. The molecule has 2 aliphatic rings. The van der Waals surface area contributed by atoms with Gasteiger partial charge in [0.2, 0.25) is 0 Å². The van der Waals surface area contributed by atoms with Gasteiger partial charge in [0.25, 0.3) is 0 Å². The van der Waals surface area contributed by atoms with Crippen LogP contribution in [0.1, 0.15) is 19.8 Å². The fourth-order valence-corrected chi connectivity index (χ4v) is 2.12. The van der Waals surface area contributed by atoms with Crippen LogP contribution in [0.4, 0.5) is 0 Å². The lowest BCUT2D eigenvalue weighted by Gasteiger charge is -2.35. The van der Waals surface area contributed by atoms with Crippen molar-refractivity contribution in [2.75, 3.05) is 26.7 Å². The largest absolute Gasteiger partial charge is 0.478 e. The molecule has 2 saturated heterocycles. The topological polar surface area (TPSA) is 96.3 Å². The Kier molecular flexibility index (Phi) is 6.12. The van der Waals surface area contributed by atoms with Crippen LogP contribution < -0.4 is 0 Å². The highest BCUT2D eigenvalue weighted by Gasteiger charge is 2.41. The molecular formula is C13H21NO6. The number of piperidine rings is 1. The first-order valence-electron chi connectivity index (χ1n) is 6.45. The highest BCUT2D eigenvalue weighted by atomic mass is 16.7. The van der Waals surface area contributed by atoms with Crippen LogP contribution in [0, 0.1) is 0 Å². The van der Waals surface area contributed by atoms with Gasteiger partial charge in [-0.2, -0.15) is 0 Å². The van der Waals surface area contributed by atoms with Crippen LogP contribution in [0.25, 0.3) is 0 Å². The number of nitrogens with zero attached hydrogens (tertiary/aromatic N) is 1. The van der Waals surface area contributed by atoms with Crippen molar-refractivity contribution in [1.82, 2.24) is 4.90 Å². The number of ether oxygens (including phenoxy) is 2. The van der Waals surface area contributed by atoms with E-state index in [-0.39, 0.29) is 11.9 Å². The molecular weight excluding hydrogens is 266 g/mol. The van der Waals surface area contributed by atoms with Gasteiger partial charge in [-0.3, -0.25) is 0 Å². The fraction of sp³-hybridized carbons (Fsp3) is 0.692. The molecule has 2 heterocycles. The van der Waals surface area contributed by atoms with Gasteiger partial charge in [-0.1, -0.05) is 0 Å². The van der Waals surface area contributed by atoms with E-state index in [1.54, 1.807) is 0 Å². The molecule has 2 fully saturated rings. The first-order valence-corrected chi connectivity index (χ1v) is 6.45. The molecule has 114 valence electrons. The van der Waals surface area contributed by atoms with E-state index >= 15 is 0 Å². The Bertz CT molecular complexity index is 357. The minimum absolute atomic E-state index is 0.00778. The van der Waals surface area contributed by atoms with Gasteiger partial charge in [0, 0.05) is 25.2 Å². The number of carboxylic acids is 2. The van der Waals surface area contributed by atoms with E-state index in [9.17, 15) is 9.59 Å². The van der Waals surface area contributed by atoms with Crippen molar-refractivity contribution >= 4 is 11.9 Å². The molecule has 0 amide bonds. The van der Waals surface area contributed by atoms with E-state index in [1.807, 2.05) is 6.92 Å². The Labute approximate surface area is 117 Å². The van der Waals surface area contributed by atoms with Crippen LogP contribution >= 0.6 is 0 Å². The third kappa shape index (κ3) is 5.68. The molecule has 1 spiro atoms.